The van der Waals surface area contributed by atoms with Crippen molar-refractivity contribution in [3.63, 3.8) is 0 Å². The fourth-order valence-corrected chi connectivity index (χ4v) is 3.84. The Morgan fingerprint density at radius 3 is 1.93 bits per heavy atom. The fourth-order valence-electron chi connectivity index (χ4n) is 2.38. The zero-order valence-corrected chi connectivity index (χ0v) is 22.4. The van der Waals surface area contributed by atoms with Crippen molar-refractivity contribution in [3.8, 4) is 0 Å². The van der Waals surface area contributed by atoms with Crippen LogP contribution in [0.4, 0.5) is 0 Å². The molecule has 0 unspecified atom stereocenters. The van der Waals surface area contributed by atoms with E-state index in [2.05, 4.69) is 41.1 Å². The molecule has 0 heterocycles. The van der Waals surface area contributed by atoms with Crippen LogP contribution in [0.1, 0.15) is 44.7 Å². The first-order valence-corrected chi connectivity index (χ1v) is 11.6. The van der Waals surface area contributed by atoms with E-state index < -0.39 is 0 Å². The van der Waals surface area contributed by atoms with E-state index in [4.69, 9.17) is 50.5 Å². The summed E-state index contributed by atoms with van der Waals surface area (Å²) in [5, 5.41) is 4.23. The molecule has 0 aromatic heterocycles. The molecule has 0 bridgehead atoms. The van der Waals surface area contributed by atoms with E-state index >= 15 is 0 Å². The fraction of sp³-hybridized carbons (Fsp3) is 0.429. The summed E-state index contributed by atoms with van der Waals surface area (Å²) in [6, 6.07) is 11.6. The zero-order valence-electron chi connectivity index (χ0n) is 17.4. The first-order chi connectivity index (χ1) is 13.7. The minimum absolute atomic E-state index is 0. The van der Waals surface area contributed by atoms with Crippen LogP contribution in [0.3, 0.4) is 0 Å². The van der Waals surface area contributed by atoms with Crippen LogP contribution in [0.5, 0.6) is 0 Å². The van der Waals surface area contributed by atoms with Crippen LogP contribution in [0.25, 0.3) is 0 Å². The minimum atomic E-state index is 0. The van der Waals surface area contributed by atoms with Gasteiger partial charge in [-0.15, -0.1) is 4.33 Å². The summed E-state index contributed by atoms with van der Waals surface area (Å²) in [6.45, 7) is 6.81. The molecule has 0 aliphatic rings. The second-order valence-corrected chi connectivity index (χ2v) is 9.82. The van der Waals surface area contributed by atoms with Gasteiger partial charge in [-0.05, 0) is 24.7 Å². The molecule has 0 aliphatic heterocycles. The molecule has 0 saturated carbocycles. The molecule has 30 heavy (non-hydrogen) atoms. The van der Waals surface area contributed by atoms with Crippen LogP contribution in [-0.4, -0.2) is 7.11 Å². The molecule has 0 spiro atoms. The van der Waals surface area contributed by atoms with Gasteiger partial charge in [0, 0.05) is 34.9 Å². The van der Waals surface area contributed by atoms with Crippen LogP contribution in [0.2, 0.25) is 0 Å². The molecule has 3 nitrogen and oxygen atoms in total. The van der Waals surface area contributed by atoms with Gasteiger partial charge in [0.1, 0.15) is 0 Å². The summed E-state index contributed by atoms with van der Waals surface area (Å²) in [7, 11) is 1.36. The maximum absolute atomic E-state index is 5.30. The second kappa shape index (κ2) is 15.8. The normalized spacial score (nSPS) is 10.7. The Labute approximate surface area is 218 Å². The standard InChI is InChI=1S/C13H20S2.C8H10O3S3.Cu/c1-13(2,3)9-5-7-10-6-4-8-11(14)12(10)15;1-9-10-11-14-5-6-3-2-4-7(12)8(6)13;/h4,6,8,14-15H,5,7,9H2,1-3H3;2-4,12-13H,5H2,1H3;/p-4. The van der Waals surface area contributed by atoms with Crippen LogP contribution < -0.4 is 0 Å². The van der Waals surface area contributed by atoms with Crippen LogP contribution >= 0.6 is 12.0 Å². The van der Waals surface area contributed by atoms with Gasteiger partial charge in [-0.25, -0.2) is 4.89 Å². The van der Waals surface area contributed by atoms with Crippen molar-refractivity contribution >= 4 is 62.6 Å². The van der Waals surface area contributed by atoms with E-state index in [9.17, 15) is 0 Å². The molecule has 0 atom stereocenters. The van der Waals surface area contributed by atoms with Crippen molar-refractivity contribution in [2.75, 3.05) is 7.11 Å². The number of hydrogen-bond acceptors (Lipinski definition) is 8. The van der Waals surface area contributed by atoms with Crippen molar-refractivity contribution < 1.29 is 31.3 Å². The van der Waals surface area contributed by atoms with Crippen LogP contribution in [0, 0.1) is 5.41 Å². The summed E-state index contributed by atoms with van der Waals surface area (Å²) in [5.41, 5.74) is 2.60. The molecule has 2 aromatic rings. The summed E-state index contributed by atoms with van der Waals surface area (Å²) in [6.07, 6.45) is 3.47. The van der Waals surface area contributed by atoms with Gasteiger partial charge in [-0.2, -0.15) is 19.6 Å². The Balaban J connectivity index is 0.000000544. The van der Waals surface area contributed by atoms with E-state index in [1.165, 1.54) is 25.5 Å². The Bertz CT molecular complexity index is 754. The van der Waals surface area contributed by atoms with E-state index in [-0.39, 0.29) is 17.1 Å². The van der Waals surface area contributed by atoms with Crippen molar-refractivity contribution in [3.05, 3.63) is 47.5 Å². The summed E-state index contributed by atoms with van der Waals surface area (Å²) in [5.74, 6) is 0.576. The third-order valence-corrected chi connectivity index (χ3v) is 6.34. The monoisotopic (exact) mass is 549 g/mol. The van der Waals surface area contributed by atoms with Crippen molar-refractivity contribution in [2.24, 2.45) is 5.41 Å². The molecule has 0 saturated heterocycles. The Morgan fingerprint density at radius 2 is 1.40 bits per heavy atom. The van der Waals surface area contributed by atoms with Crippen molar-refractivity contribution in [1.82, 2.24) is 0 Å². The molecular formula is C21H26CuO3S5-4. The Hall–Kier alpha value is 0.0695. The molecule has 1 radical (unpaired) electrons. The van der Waals surface area contributed by atoms with E-state index in [0.29, 0.717) is 21.0 Å². The molecule has 173 valence electrons. The largest absolute Gasteiger partial charge is 0.781 e. The van der Waals surface area contributed by atoms with Gasteiger partial charge >= 0.3 is 0 Å². The van der Waals surface area contributed by atoms with Gasteiger partial charge in [0.05, 0.1) is 7.11 Å². The minimum Gasteiger partial charge on any atom is -0.781 e. The molecule has 0 fully saturated rings. The van der Waals surface area contributed by atoms with Gasteiger partial charge in [-0.3, -0.25) is 0 Å². The molecule has 0 aliphatic carbocycles. The predicted molar refractivity (Wildman–Crippen MR) is 128 cm³/mol. The molecule has 2 rings (SSSR count). The molecule has 9 heteroatoms. The number of aryl methyl sites for hydroxylation is 1. The van der Waals surface area contributed by atoms with Gasteiger partial charge in [0.15, 0.2) is 0 Å². The molecule has 0 N–H and O–H groups in total. The maximum Gasteiger partial charge on any atom is 0.0744 e. The predicted octanol–water partition coefficient (Wildman–Crippen LogP) is 6.02. The first kappa shape index (κ1) is 30.1. The van der Waals surface area contributed by atoms with Gasteiger partial charge in [0.2, 0.25) is 0 Å². The third kappa shape index (κ3) is 12.2. The third-order valence-electron chi connectivity index (χ3n) is 3.85. The Kier molecular flexibility index (Phi) is 15.8. The SMILES string of the molecule is CC(C)(C)CCCc1cccc([S-])c1[S-].COOOSCc1cccc([S-])c1[S-].[Cu]. The summed E-state index contributed by atoms with van der Waals surface area (Å²) < 4.78 is 4.60. The van der Waals surface area contributed by atoms with Crippen LogP contribution in [0.15, 0.2) is 56.0 Å². The van der Waals surface area contributed by atoms with Gasteiger partial charge in [-0.1, -0.05) is 73.3 Å². The molecule has 0 amide bonds. The zero-order chi connectivity index (χ0) is 21.9. The molecular weight excluding hydrogens is 524 g/mol. The summed E-state index contributed by atoms with van der Waals surface area (Å²) >= 11 is 21.7. The molecule has 2 aromatic carbocycles. The van der Waals surface area contributed by atoms with Crippen molar-refractivity contribution in [1.29, 1.82) is 0 Å². The number of benzene rings is 2. The van der Waals surface area contributed by atoms with Crippen LogP contribution in [-0.2, 0) is 94.0 Å². The quantitative estimate of drug-likeness (QED) is 0.0985. The maximum atomic E-state index is 5.30. The van der Waals surface area contributed by atoms with Gasteiger partial charge < -0.3 is 50.5 Å². The summed E-state index contributed by atoms with van der Waals surface area (Å²) in [4.78, 5) is 7.31. The van der Waals surface area contributed by atoms with E-state index in [0.717, 1.165) is 33.8 Å². The smallest absolute Gasteiger partial charge is 0.0744 e. The van der Waals surface area contributed by atoms with E-state index in [1.807, 2.05) is 24.3 Å². The number of hydrogen-bond donors (Lipinski definition) is 0. The van der Waals surface area contributed by atoms with Gasteiger partial charge in [0.25, 0.3) is 0 Å². The Morgan fingerprint density at radius 1 is 0.867 bits per heavy atom. The number of rotatable bonds is 8. The van der Waals surface area contributed by atoms with Crippen molar-refractivity contribution in [2.45, 2.75) is 65.4 Å². The second-order valence-electron chi connectivity index (χ2n) is 7.47. The first-order valence-electron chi connectivity index (χ1n) is 9.06. The average Bonchev–Trinajstić information content (AvgIpc) is 2.65. The topological polar surface area (TPSA) is 27.7 Å². The average molecular weight is 550 g/mol. The van der Waals surface area contributed by atoms with E-state index in [1.54, 1.807) is 6.07 Å².